The van der Waals surface area contributed by atoms with Gasteiger partial charge in [0, 0.05) is 19.4 Å². The first kappa shape index (κ1) is 47.0. The number of aryl methyl sites for hydroxylation is 1. The normalized spacial score (nSPS) is 25.0. The van der Waals surface area contributed by atoms with E-state index in [2.05, 4.69) is 36.8 Å². The van der Waals surface area contributed by atoms with Crippen molar-refractivity contribution in [2.75, 3.05) is 26.3 Å². The Balaban J connectivity index is 1.14. The highest BCUT2D eigenvalue weighted by Gasteiger charge is 2.46. The molecule has 7 rings (SSSR count). The molecular weight excluding hydrogens is 795 g/mol. The molecule has 3 aromatic rings. The van der Waals surface area contributed by atoms with Gasteiger partial charge in [0.1, 0.15) is 30.4 Å². The predicted molar refractivity (Wildman–Crippen MR) is 230 cm³/mol. The van der Waals surface area contributed by atoms with Gasteiger partial charge in [-0.1, -0.05) is 75.1 Å². The molecule has 3 amide bonds. The Morgan fingerprint density at radius 2 is 1.71 bits per heavy atom. The van der Waals surface area contributed by atoms with E-state index in [1.165, 1.54) is 0 Å². The van der Waals surface area contributed by atoms with Crippen LogP contribution in [0.5, 0.6) is 5.75 Å². The van der Waals surface area contributed by atoms with Gasteiger partial charge in [0.15, 0.2) is 5.82 Å². The third kappa shape index (κ3) is 12.6. The molecule has 17 nitrogen and oxygen atoms in total. The van der Waals surface area contributed by atoms with Crippen LogP contribution in [0.2, 0.25) is 0 Å². The van der Waals surface area contributed by atoms with Crippen molar-refractivity contribution in [2.24, 2.45) is 5.92 Å². The zero-order chi connectivity index (χ0) is 44.2. The fourth-order valence-corrected chi connectivity index (χ4v) is 8.86. The Hall–Kier alpha value is -4.52. The van der Waals surface area contributed by atoms with Gasteiger partial charge in [-0.2, -0.15) is 0 Å². The molecule has 1 saturated carbocycles. The molecule has 0 radical (unpaired) electrons. The highest BCUT2D eigenvalue weighted by atomic mass is 16.5. The molecule has 62 heavy (non-hydrogen) atoms. The number of benzene rings is 2. The van der Waals surface area contributed by atoms with Crippen molar-refractivity contribution < 1.29 is 39.2 Å². The molecule has 4 heterocycles. The van der Waals surface area contributed by atoms with Gasteiger partial charge < -0.3 is 40.7 Å². The number of amides is 3. The minimum Gasteiger partial charge on any atom is -0.494 e. The summed E-state index contributed by atoms with van der Waals surface area (Å²) >= 11 is 0. The van der Waals surface area contributed by atoms with Gasteiger partial charge >= 0.3 is 0 Å². The second-order valence-electron chi connectivity index (χ2n) is 17.9. The number of carbonyl (C=O) groups excluding carboxylic acids is 3. The van der Waals surface area contributed by atoms with E-state index in [1.807, 2.05) is 82.3 Å². The van der Waals surface area contributed by atoms with Crippen molar-refractivity contribution in [3.63, 3.8) is 0 Å². The van der Waals surface area contributed by atoms with Crippen LogP contribution in [0.3, 0.4) is 0 Å². The molecule has 1 aromatic heterocycles. The fraction of sp³-hybridized carbons (Fsp3) is 0.644. The molecule has 3 aliphatic heterocycles. The van der Waals surface area contributed by atoms with Gasteiger partial charge in [-0.05, 0) is 92.5 Å². The molecule has 1 aliphatic carbocycles. The third-order valence-electron chi connectivity index (χ3n) is 12.2. The van der Waals surface area contributed by atoms with Crippen LogP contribution >= 0.6 is 0 Å². The summed E-state index contributed by atoms with van der Waals surface area (Å²) in [6.45, 7) is 8.47. The number of fused-ring (bicyclic) bond motifs is 11. The first-order valence-corrected chi connectivity index (χ1v) is 22.4. The average Bonchev–Trinajstić information content (AvgIpc) is 3.95. The molecule has 9 atom stereocenters. The van der Waals surface area contributed by atoms with E-state index in [4.69, 9.17) is 9.47 Å². The summed E-state index contributed by atoms with van der Waals surface area (Å²) in [4.78, 5) is 43.1. The molecular formula is C45H67N9O8. The summed E-state index contributed by atoms with van der Waals surface area (Å²) in [5.74, 6) is 0.101. The maximum absolute atomic E-state index is 14.4. The molecule has 4 bridgehead atoms. The lowest BCUT2D eigenvalue weighted by Crippen LogP contribution is -2.61. The van der Waals surface area contributed by atoms with Gasteiger partial charge in [-0.25, -0.2) is 4.68 Å². The number of nitrogens with zero attached hydrogens (tertiary/aromatic N) is 5. The van der Waals surface area contributed by atoms with E-state index in [9.17, 15) is 29.7 Å². The Kier molecular flexibility index (Phi) is 16.8. The van der Waals surface area contributed by atoms with E-state index in [1.54, 1.807) is 9.58 Å². The first-order valence-electron chi connectivity index (χ1n) is 22.4. The SMILES string of the molecule is CCCC(NC(=O)[C@@H]1C[C@@H]2CN1[C@@H](O)[C@H](C1CCCCC1)NC(=O)CCc1ccc(cc1)OCCCO2)[C@@H](O)[C@H](O)NCC(=O)NC(c1ccccc1)c1nnnn1C(C)(C)C. The van der Waals surface area contributed by atoms with Crippen molar-refractivity contribution in [3.05, 3.63) is 71.5 Å². The van der Waals surface area contributed by atoms with Crippen LogP contribution in [-0.4, -0.2) is 127 Å². The Bertz CT molecular complexity index is 1870. The number of aliphatic hydroxyl groups is 3. The van der Waals surface area contributed by atoms with Gasteiger partial charge in [0.05, 0.1) is 49.5 Å². The second-order valence-corrected chi connectivity index (χ2v) is 17.9. The fourth-order valence-electron chi connectivity index (χ4n) is 8.86. The van der Waals surface area contributed by atoms with Gasteiger partial charge in [-0.15, -0.1) is 5.10 Å². The Morgan fingerprint density at radius 3 is 2.42 bits per heavy atom. The van der Waals surface area contributed by atoms with Crippen LogP contribution in [0, 0.1) is 5.92 Å². The van der Waals surface area contributed by atoms with Crippen molar-refractivity contribution >= 4 is 17.7 Å². The number of carbonyl (C=O) groups is 3. The number of nitrogens with one attached hydrogen (secondary N) is 4. The molecule has 1 saturated heterocycles. The predicted octanol–water partition coefficient (Wildman–Crippen LogP) is 2.45. The maximum atomic E-state index is 14.4. The Morgan fingerprint density at radius 1 is 0.968 bits per heavy atom. The smallest absolute Gasteiger partial charge is 0.237 e. The largest absolute Gasteiger partial charge is 0.494 e. The average molecular weight is 862 g/mol. The van der Waals surface area contributed by atoms with E-state index in [0.717, 1.165) is 49.0 Å². The summed E-state index contributed by atoms with van der Waals surface area (Å²) in [7, 11) is 0. The zero-order valence-corrected chi connectivity index (χ0v) is 36.6. The summed E-state index contributed by atoms with van der Waals surface area (Å²) in [5, 5.41) is 59.0. The number of ether oxygens (including phenoxy) is 2. The van der Waals surface area contributed by atoms with Crippen LogP contribution in [-0.2, 0) is 31.1 Å². The second kappa shape index (κ2) is 22.2. The highest BCUT2D eigenvalue weighted by Crippen LogP contribution is 2.32. The van der Waals surface area contributed by atoms with Crippen LogP contribution in [0.25, 0.3) is 0 Å². The highest BCUT2D eigenvalue weighted by molar-refractivity contribution is 5.83. The quantitative estimate of drug-likeness (QED) is 0.123. The lowest BCUT2D eigenvalue weighted by molar-refractivity contribution is -0.136. The minimum atomic E-state index is -1.59. The third-order valence-corrected chi connectivity index (χ3v) is 12.2. The van der Waals surface area contributed by atoms with E-state index < -0.39 is 66.2 Å². The van der Waals surface area contributed by atoms with E-state index >= 15 is 0 Å². The molecule has 0 spiro atoms. The molecule has 2 aromatic carbocycles. The minimum absolute atomic E-state index is 0.0260. The first-order chi connectivity index (χ1) is 29.8. The van der Waals surface area contributed by atoms with Crippen molar-refractivity contribution in [2.45, 2.75) is 153 Å². The zero-order valence-electron chi connectivity index (χ0n) is 36.6. The van der Waals surface area contributed by atoms with Crippen molar-refractivity contribution in [3.8, 4) is 5.75 Å². The van der Waals surface area contributed by atoms with Crippen molar-refractivity contribution in [1.82, 2.24) is 46.4 Å². The van der Waals surface area contributed by atoms with Crippen LogP contribution in [0.15, 0.2) is 54.6 Å². The van der Waals surface area contributed by atoms with Crippen LogP contribution < -0.4 is 26.0 Å². The summed E-state index contributed by atoms with van der Waals surface area (Å²) in [5.41, 5.74) is 1.28. The summed E-state index contributed by atoms with van der Waals surface area (Å²) < 4.78 is 13.8. The lowest BCUT2D eigenvalue weighted by Gasteiger charge is -2.40. The number of hydrogen-bond donors (Lipinski definition) is 7. The van der Waals surface area contributed by atoms with Crippen molar-refractivity contribution in [1.29, 1.82) is 0 Å². The lowest BCUT2D eigenvalue weighted by atomic mass is 9.82. The molecule has 340 valence electrons. The molecule has 4 aliphatic rings. The van der Waals surface area contributed by atoms with Crippen LogP contribution in [0.4, 0.5) is 0 Å². The number of aliphatic hydroxyl groups excluding tert-OH is 3. The van der Waals surface area contributed by atoms with Gasteiger partial charge in [0.25, 0.3) is 0 Å². The Labute approximate surface area is 364 Å². The number of hydrogen-bond acceptors (Lipinski definition) is 13. The molecule has 7 N–H and O–H groups in total. The number of aromatic nitrogens is 4. The summed E-state index contributed by atoms with van der Waals surface area (Å²) in [6.07, 6.45) is 2.68. The maximum Gasteiger partial charge on any atom is 0.237 e. The van der Waals surface area contributed by atoms with Crippen LogP contribution in [0.1, 0.15) is 115 Å². The molecule has 2 fully saturated rings. The molecule has 3 unspecified atom stereocenters. The van der Waals surface area contributed by atoms with Gasteiger partial charge in [0.2, 0.25) is 17.7 Å². The molecule has 17 heteroatoms. The van der Waals surface area contributed by atoms with E-state index in [-0.39, 0.29) is 37.8 Å². The topological polar surface area (TPSA) is 225 Å². The van der Waals surface area contributed by atoms with Gasteiger partial charge in [-0.3, -0.25) is 24.6 Å². The number of tetrazole rings is 1. The van der Waals surface area contributed by atoms with E-state index in [0.29, 0.717) is 44.7 Å². The number of rotatable bonds is 13. The monoisotopic (exact) mass is 862 g/mol. The summed E-state index contributed by atoms with van der Waals surface area (Å²) in [6, 6.07) is 13.9. The standard InChI is InChI=1S/C45H67N9O8/c1-5-13-34(40(57)43(59)46-27-37(56)49-38(30-14-8-6-9-15-30)41-50-51-52-54(41)45(2,3)4)47-42(58)35-26-33-28-53(35)44(60)39(31-16-10-7-11-17-31)48-36(55)23-20-29-18-21-32(22-19-29)61-24-12-25-62-33/h6,8-9,14-15,18-19,21-22,31,33-35,38-40,43-44,46,57,59-60H,5,7,10-13,16-17,20,23-28H2,1-4H3,(H,47,58)(H,48,55)(H,49,56)/t33-,34?,35+,38?,39+,40-,43+,44+/m1/s1.